The number of hydrogen-bond acceptors (Lipinski definition) is 6. The number of nitrogen functional groups attached to an aromatic ring is 2. The molecule has 0 fully saturated rings. The van der Waals surface area contributed by atoms with Crippen molar-refractivity contribution in [3.63, 3.8) is 0 Å². The average molecular weight is 270 g/mol. The molecule has 100 valence electrons. The van der Waals surface area contributed by atoms with E-state index in [1.165, 1.54) is 0 Å². The minimum atomic E-state index is -2.84. The predicted octanol–water partition coefficient (Wildman–Crippen LogP) is 0.462. The fourth-order valence-electron chi connectivity index (χ4n) is 1.38. The van der Waals surface area contributed by atoms with Gasteiger partial charge in [0.05, 0.1) is 0 Å². The van der Waals surface area contributed by atoms with Crippen molar-refractivity contribution in [2.75, 3.05) is 11.5 Å². The number of anilines is 2. The van der Waals surface area contributed by atoms with Crippen LogP contribution < -0.4 is 11.5 Å². The number of carboxylic acid groups (broad SMARTS) is 1. The fraction of sp³-hybridized carbons (Fsp3) is 0.111. The first kappa shape index (κ1) is 12.7. The number of carboxylic acids is 1. The number of aromatic nitrogens is 4. The summed E-state index contributed by atoms with van der Waals surface area (Å²) in [6, 6.07) is 1.09. The summed E-state index contributed by atoms with van der Waals surface area (Å²) >= 11 is 0. The van der Waals surface area contributed by atoms with Crippen molar-refractivity contribution in [1.29, 1.82) is 0 Å². The van der Waals surface area contributed by atoms with Gasteiger partial charge in [0.2, 0.25) is 5.82 Å². The van der Waals surface area contributed by atoms with Gasteiger partial charge >= 0.3 is 5.97 Å². The third-order valence-electron chi connectivity index (χ3n) is 2.24. The van der Waals surface area contributed by atoms with Crippen LogP contribution in [0.25, 0.3) is 5.69 Å². The summed E-state index contributed by atoms with van der Waals surface area (Å²) < 4.78 is 25.7. The summed E-state index contributed by atoms with van der Waals surface area (Å²) in [5.74, 6) is -2.44. The van der Waals surface area contributed by atoms with Crippen LogP contribution in [0.15, 0.2) is 12.4 Å². The number of rotatable bonds is 3. The number of alkyl halides is 2. The second kappa shape index (κ2) is 4.48. The Balaban J connectivity index is 2.54. The largest absolute Gasteiger partial charge is 0.478 e. The minimum absolute atomic E-state index is 0.00556. The summed E-state index contributed by atoms with van der Waals surface area (Å²) in [7, 11) is 0. The van der Waals surface area contributed by atoms with Gasteiger partial charge in [0.25, 0.3) is 6.43 Å². The molecule has 2 aromatic heterocycles. The Morgan fingerprint density at radius 2 is 2.05 bits per heavy atom. The molecule has 0 saturated carbocycles. The molecule has 2 heterocycles. The predicted molar refractivity (Wildman–Crippen MR) is 59.9 cm³/mol. The van der Waals surface area contributed by atoms with E-state index in [9.17, 15) is 13.6 Å². The number of pyridine rings is 1. The van der Waals surface area contributed by atoms with E-state index in [4.69, 9.17) is 16.6 Å². The number of nitrogens with zero attached hydrogens (tertiary/aromatic N) is 4. The van der Waals surface area contributed by atoms with Crippen molar-refractivity contribution >= 4 is 17.6 Å². The molecule has 0 bridgehead atoms. The lowest BCUT2D eigenvalue weighted by atomic mass is 10.2. The third-order valence-corrected chi connectivity index (χ3v) is 2.24. The van der Waals surface area contributed by atoms with Gasteiger partial charge in [-0.3, -0.25) is 0 Å². The van der Waals surface area contributed by atoms with E-state index in [0.29, 0.717) is 0 Å². The van der Waals surface area contributed by atoms with Crippen LogP contribution in [0.1, 0.15) is 22.6 Å². The third kappa shape index (κ3) is 2.27. The molecule has 0 amide bonds. The van der Waals surface area contributed by atoms with Crippen LogP contribution in [0.4, 0.5) is 20.4 Å². The molecule has 0 unspecified atom stereocenters. The topological polar surface area (TPSA) is 133 Å². The van der Waals surface area contributed by atoms with Crippen LogP contribution in [-0.2, 0) is 0 Å². The highest BCUT2D eigenvalue weighted by atomic mass is 19.3. The maximum Gasteiger partial charge on any atom is 0.339 e. The molecule has 8 nitrogen and oxygen atoms in total. The van der Waals surface area contributed by atoms with Gasteiger partial charge in [-0.05, 0) is 6.07 Å². The molecular formula is C9H8F2N6O2. The minimum Gasteiger partial charge on any atom is -0.478 e. The molecule has 0 saturated heterocycles. The molecule has 2 rings (SSSR count). The maximum absolute atomic E-state index is 12.4. The second-order valence-corrected chi connectivity index (χ2v) is 3.48. The van der Waals surface area contributed by atoms with Gasteiger partial charge in [0.15, 0.2) is 5.82 Å². The van der Waals surface area contributed by atoms with Crippen LogP contribution >= 0.6 is 0 Å². The van der Waals surface area contributed by atoms with Gasteiger partial charge in [0, 0.05) is 0 Å². The molecule has 2 aromatic rings. The zero-order valence-corrected chi connectivity index (χ0v) is 9.29. The highest BCUT2D eigenvalue weighted by Gasteiger charge is 2.18. The summed E-state index contributed by atoms with van der Waals surface area (Å²) in [6.07, 6.45) is -1.86. The molecule has 0 aliphatic heterocycles. The summed E-state index contributed by atoms with van der Waals surface area (Å²) in [5.41, 5.74) is 10.6. The van der Waals surface area contributed by atoms with E-state index in [1.807, 2.05) is 0 Å². The Bertz CT molecular complexity index is 642. The number of hydrogen-bond donors (Lipinski definition) is 3. The lowest BCUT2D eigenvalue weighted by molar-refractivity contribution is 0.0697. The van der Waals surface area contributed by atoms with Gasteiger partial charge in [-0.2, -0.15) is 0 Å². The molecule has 0 aromatic carbocycles. The van der Waals surface area contributed by atoms with Crippen molar-refractivity contribution in [2.24, 2.45) is 0 Å². The van der Waals surface area contributed by atoms with Gasteiger partial charge in [-0.25, -0.2) is 28.2 Å². The monoisotopic (exact) mass is 270 g/mol. The molecule has 0 aliphatic rings. The Hall–Kier alpha value is -2.78. The van der Waals surface area contributed by atoms with Crippen molar-refractivity contribution in [3.8, 4) is 5.69 Å². The molecule has 0 aliphatic carbocycles. The van der Waals surface area contributed by atoms with Crippen molar-refractivity contribution < 1.29 is 18.7 Å². The van der Waals surface area contributed by atoms with Crippen LogP contribution in [0.5, 0.6) is 0 Å². The fourth-order valence-corrected chi connectivity index (χ4v) is 1.38. The molecule has 19 heavy (non-hydrogen) atoms. The lowest BCUT2D eigenvalue weighted by Gasteiger charge is -2.07. The normalized spacial score (nSPS) is 10.9. The van der Waals surface area contributed by atoms with Crippen LogP contribution in [0.2, 0.25) is 0 Å². The van der Waals surface area contributed by atoms with Crippen molar-refractivity contribution in [1.82, 2.24) is 19.7 Å². The SMILES string of the molecule is Nc1nc(N)c(-n2cnc(C(F)F)n2)cc1C(=O)O. The molecule has 10 heteroatoms. The smallest absolute Gasteiger partial charge is 0.339 e. The zero-order chi connectivity index (χ0) is 14.2. The van der Waals surface area contributed by atoms with Gasteiger partial charge in [0.1, 0.15) is 23.4 Å². The van der Waals surface area contributed by atoms with Crippen molar-refractivity contribution in [3.05, 3.63) is 23.8 Å². The summed E-state index contributed by atoms with van der Waals surface area (Å²) in [4.78, 5) is 17.9. The lowest BCUT2D eigenvalue weighted by Crippen LogP contribution is -2.11. The standard InChI is InChI=1S/C9H8F2N6O2/c10-5(11)8-14-2-17(16-8)4-1-3(9(18)19)6(12)15-7(4)13/h1-2,5H,(H,18,19)(H4,12,13,15). The Morgan fingerprint density at radius 1 is 1.37 bits per heavy atom. The molecule has 0 atom stereocenters. The molecule has 0 spiro atoms. The number of halogens is 2. The summed E-state index contributed by atoms with van der Waals surface area (Å²) in [6.45, 7) is 0. The maximum atomic E-state index is 12.4. The van der Waals surface area contributed by atoms with Crippen LogP contribution in [0, 0.1) is 0 Å². The number of carbonyl (C=O) groups is 1. The molecule has 5 N–H and O–H groups in total. The highest BCUT2D eigenvalue weighted by molar-refractivity contribution is 5.94. The Kier molecular flexibility index (Phi) is 2.99. The van der Waals surface area contributed by atoms with E-state index >= 15 is 0 Å². The first-order valence-electron chi connectivity index (χ1n) is 4.89. The highest BCUT2D eigenvalue weighted by Crippen LogP contribution is 2.21. The van der Waals surface area contributed by atoms with E-state index in [1.54, 1.807) is 0 Å². The first-order valence-corrected chi connectivity index (χ1v) is 4.89. The Labute approximate surface area is 104 Å². The first-order chi connectivity index (χ1) is 8.90. The zero-order valence-electron chi connectivity index (χ0n) is 9.29. The Morgan fingerprint density at radius 3 is 2.58 bits per heavy atom. The number of nitrogens with two attached hydrogens (primary N) is 2. The second-order valence-electron chi connectivity index (χ2n) is 3.48. The average Bonchev–Trinajstić information content (AvgIpc) is 2.77. The van der Waals surface area contributed by atoms with Gasteiger partial charge < -0.3 is 16.6 Å². The van der Waals surface area contributed by atoms with Gasteiger partial charge in [-0.15, -0.1) is 5.10 Å². The van der Waals surface area contributed by atoms with E-state index in [0.717, 1.165) is 17.1 Å². The van der Waals surface area contributed by atoms with Gasteiger partial charge in [-0.1, -0.05) is 0 Å². The molecular weight excluding hydrogens is 262 g/mol. The van der Waals surface area contributed by atoms with E-state index in [-0.39, 0.29) is 22.9 Å². The quantitative estimate of drug-likeness (QED) is 0.737. The van der Waals surface area contributed by atoms with E-state index < -0.39 is 18.2 Å². The summed E-state index contributed by atoms with van der Waals surface area (Å²) in [5, 5.41) is 12.4. The van der Waals surface area contributed by atoms with Crippen LogP contribution in [-0.4, -0.2) is 30.8 Å². The molecule has 0 radical (unpaired) electrons. The number of aromatic carboxylic acids is 1. The van der Waals surface area contributed by atoms with Crippen molar-refractivity contribution in [2.45, 2.75) is 6.43 Å². The van der Waals surface area contributed by atoms with E-state index in [2.05, 4.69) is 15.1 Å². The van der Waals surface area contributed by atoms with Crippen LogP contribution in [0.3, 0.4) is 0 Å².